The second-order valence-corrected chi connectivity index (χ2v) is 6.29. The molecule has 1 heterocycles. The number of H-pyrrole nitrogens is 1. The van der Waals surface area contributed by atoms with Gasteiger partial charge in [-0.25, -0.2) is 0 Å². The molecular weight excluding hydrogens is 335 g/mol. The standard InChI is InChI=1S/C17H22Cl2N2O2/c1-4-6-14(22)20-8-10(5-2)12-9-21-17-11(12)7-13(23-3)15(18)16(17)19/h7,9-10,21H,4-6,8H2,1-3H3,(H,20,22). The summed E-state index contributed by atoms with van der Waals surface area (Å²) in [5.41, 5.74) is 1.90. The van der Waals surface area contributed by atoms with Crippen LogP contribution in [0.3, 0.4) is 0 Å². The van der Waals surface area contributed by atoms with E-state index in [0.29, 0.717) is 28.8 Å². The minimum absolute atomic E-state index is 0.0875. The van der Waals surface area contributed by atoms with Gasteiger partial charge in [-0.05, 0) is 24.5 Å². The van der Waals surface area contributed by atoms with Crippen molar-refractivity contribution in [3.8, 4) is 5.75 Å². The maximum absolute atomic E-state index is 11.7. The normalized spacial score (nSPS) is 12.4. The van der Waals surface area contributed by atoms with Crippen molar-refractivity contribution in [1.82, 2.24) is 10.3 Å². The summed E-state index contributed by atoms with van der Waals surface area (Å²) < 4.78 is 5.30. The number of aromatic nitrogens is 1. The molecule has 1 aromatic heterocycles. The van der Waals surface area contributed by atoms with E-state index in [1.165, 1.54) is 0 Å². The number of amides is 1. The maximum atomic E-state index is 11.7. The Bertz CT molecular complexity index is 697. The third-order valence-corrected chi connectivity index (χ3v) is 4.88. The monoisotopic (exact) mass is 356 g/mol. The smallest absolute Gasteiger partial charge is 0.220 e. The molecule has 0 fully saturated rings. The van der Waals surface area contributed by atoms with Gasteiger partial charge in [-0.15, -0.1) is 0 Å². The van der Waals surface area contributed by atoms with E-state index in [0.717, 1.165) is 29.3 Å². The number of carbonyl (C=O) groups is 1. The Kier molecular flexibility index (Phi) is 6.19. The molecule has 2 N–H and O–H groups in total. The van der Waals surface area contributed by atoms with Crippen molar-refractivity contribution in [2.24, 2.45) is 0 Å². The van der Waals surface area contributed by atoms with Gasteiger partial charge in [-0.3, -0.25) is 4.79 Å². The Morgan fingerprint density at radius 1 is 1.35 bits per heavy atom. The average Bonchev–Trinajstić information content (AvgIpc) is 2.95. The zero-order valence-corrected chi connectivity index (χ0v) is 15.1. The molecule has 1 amide bonds. The first-order valence-electron chi connectivity index (χ1n) is 7.83. The number of benzene rings is 1. The van der Waals surface area contributed by atoms with E-state index < -0.39 is 0 Å². The van der Waals surface area contributed by atoms with Crippen LogP contribution in [0.4, 0.5) is 0 Å². The van der Waals surface area contributed by atoms with Crippen LogP contribution in [0.2, 0.25) is 10.0 Å². The Hall–Kier alpha value is -1.39. The Labute approximate surface area is 146 Å². The Balaban J connectivity index is 2.34. The Morgan fingerprint density at radius 2 is 2.09 bits per heavy atom. The van der Waals surface area contributed by atoms with E-state index in [9.17, 15) is 4.79 Å². The zero-order valence-electron chi connectivity index (χ0n) is 13.6. The second kappa shape index (κ2) is 7.93. The summed E-state index contributed by atoms with van der Waals surface area (Å²) in [6.45, 7) is 4.70. The zero-order chi connectivity index (χ0) is 17.0. The van der Waals surface area contributed by atoms with Gasteiger partial charge in [-0.2, -0.15) is 0 Å². The number of rotatable bonds is 7. The summed E-state index contributed by atoms with van der Waals surface area (Å²) in [7, 11) is 1.57. The molecule has 1 unspecified atom stereocenters. The van der Waals surface area contributed by atoms with Gasteiger partial charge in [-0.1, -0.05) is 37.0 Å². The number of ether oxygens (including phenoxy) is 1. The molecule has 6 heteroatoms. The van der Waals surface area contributed by atoms with Gasteiger partial charge in [0.15, 0.2) is 0 Å². The summed E-state index contributed by atoms with van der Waals surface area (Å²) in [5.74, 6) is 0.839. The lowest BCUT2D eigenvalue weighted by Gasteiger charge is -2.16. The van der Waals surface area contributed by atoms with Crippen LogP contribution in [0.5, 0.6) is 5.75 Å². The first-order valence-corrected chi connectivity index (χ1v) is 8.58. The van der Waals surface area contributed by atoms with Gasteiger partial charge in [0.2, 0.25) is 5.91 Å². The first kappa shape index (κ1) is 18.0. The van der Waals surface area contributed by atoms with Gasteiger partial charge in [0.25, 0.3) is 0 Å². The van der Waals surface area contributed by atoms with E-state index in [-0.39, 0.29) is 11.8 Å². The van der Waals surface area contributed by atoms with Crippen LogP contribution >= 0.6 is 23.2 Å². The molecule has 4 nitrogen and oxygen atoms in total. The Morgan fingerprint density at radius 3 is 2.70 bits per heavy atom. The van der Waals surface area contributed by atoms with Crippen LogP contribution in [-0.2, 0) is 4.79 Å². The lowest BCUT2D eigenvalue weighted by Crippen LogP contribution is -2.27. The van der Waals surface area contributed by atoms with Crippen molar-refractivity contribution in [2.45, 2.75) is 39.0 Å². The lowest BCUT2D eigenvalue weighted by molar-refractivity contribution is -0.121. The molecular formula is C17H22Cl2N2O2. The number of carbonyl (C=O) groups excluding carboxylic acids is 1. The highest BCUT2D eigenvalue weighted by Crippen LogP contribution is 2.41. The van der Waals surface area contributed by atoms with Crippen molar-refractivity contribution >= 4 is 40.0 Å². The fourth-order valence-electron chi connectivity index (χ4n) is 2.71. The van der Waals surface area contributed by atoms with Crippen molar-refractivity contribution in [3.05, 3.63) is 27.9 Å². The largest absolute Gasteiger partial charge is 0.495 e. The molecule has 0 spiro atoms. The summed E-state index contributed by atoms with van der Waals surface area (Å²) in [5, 5.41) is 4.84. The highest BCUT2D eigenvalue weighted by Gasteiger charge is 2.19. The number of hydrogen-bond acceptors (Lipinski definition) is 2. The topological polar surface area (TPSA) is 54.1 Å². The predicted octanol–water partition coefficient (Wildman–Crippen LogP) is 4.89. The molecule has 1 aromatic carbocycles. The van der Waals surface area contributed by atoms with Gasteiger partial charge in [0.1, 0.15) is 10.8 Å². The lowest BCUT2D eigenvalue weighted by atomic mass is 9.95. The third kappa shape index (κ3) is 3.75. The minimum Gasteiger partial charge on any atom is -0.495 e. The number of nitrogens with one attached hydrogen (secondary N) is 2. The fourth-order valence-corrected chi connectivity index (χ4v) is 3.19. The molecule has 0 bridgehead atoms. The van der Waals surface area contributed by atoms with E-state index in [1.807, 2.05) is 19.2 Å². The van der Waals surface area contributed by atoms with Gasteiger partial charge in [0, 0.05) is 30.5 Å². The third-order valence-electron chi connectivity index (χ3n) is 4.03. The van der Waals surface area contributed by atoms with Gasteiger partial charge in [0.05, 0.1) is 17.6 Å². The van der Waals surface area contributed by atoms with Gasteiger partial charge < -0.3 is 15.0 Å². The molecule has 2 rings (SSSR count). The van der Waals surface area contributed by atoms with Crippen molar-refractivity contribution in [2.75, 3.05) is 13.7 Å². The molecule has 0 radical (unpaired) electrons. The maximum Gasteiger partial charge on any atom is 0.220 e. The van der Waals surface area contributed by atoms with Crippen LogP contribution in [0.25, 0.3) is 10.9 Å². The number of halogens is 2. The van der Waals surface area contributed by atoms with Crippen molar-refractivity contribution in [3.63, 3.8) is 0 Å². The summed E-state index contributed by atoms with van der Waals surface area (Å²) >= 11 is 12.5. The average molecular weight is 357 g/mol. The molecule has 2 aromatic rings. The summed E-state index contributed by atoms with van der Waals surface area (Å²) in [6.07, 6.45) is 4.25. The van der Waals surface area contributed by atoms with E-state index in [4.69, 9.17) is 27.9 Å². The second-order valence-electron chi connectivity index (χ2n) is 5.53. The molecule has 23 heavy (non-hydrogen) atoms. The molecule has 0 saturated heterocycles. The highest BCUT2D eigenvalue weighted by atomic mass is 35.5. The number of fused-ring (bicyclic) bond motifs is 1. The van der Waals surface area contributed by atoms with E-state index >= 15 is 0 Å². The quantitative estimate of drug-likeness (QED) is 0.741. The van der Waals surface area contributed by atoms with Crippen LogP contribution in [-0.4, -0.2) is 24.5 Å². The SMILES string of the molecule is CCCC(=O)NCC(CC)c1c[nH]c2c(Cl)c(Cl)c(OC)cc12. The van der Waals surface area contributed by atoms with Crippen LogP contribution in [0.15, 0.2) is 12.3 Å². The van der Waals surface area contributed by atoms with Crippen LogP contribution in [0, 0.1) is 0 Å². The van der Waals surface area contributed by atoms with Crippen molar-refractivity contribution in [1.29, 1.82) is 0 Å². The summed E-state index contributed by atoms with van der Waals surface area (Å²) in [6, 6.07) is 1.89. The predicted molar refractivity (Wildman–Crippen MR) is 95.8 cm³/mol. The van der Waals surface area contributed by atoms with E-state index in [1.54, 1.807) is 7.11 Å². The van der Waals surface area contributed by atoms with E-state index in [2.05, 4.69) is 17.2 Å². The van der Waals surface area contributed by atoms with Crippen LogP contribution < -0.4 is 10.1 Å². The van der Waals surface area contributed by atoms with Crippen LogP contribution in [0.1, 0.15) is 44.6 Å². The molecule has 0 saturated carbocycles. The number of aromatic amines is 1. The number of hydrogen-bond donors (Lipinski definition) is 2. The van der Waals surface area contributed by atoms with Gasteiger partial charge >= 0.3 is 0 Å². The molecule has 1 atom stereocenters. The molecule has 126 valence electrons. The molecule has 0 aliphatic carbocycles. The minimum atomic E-state index is 0.0875. The highest BCUT2D eigenvalue weighted by molar-refractivity contribution is 6.46. The number of methoxy groups -OCH3 is 1. The molecule has 0 aliphatic heterocycles. The van der Waals surface area contributed by atoms with Crippen molar-refractivity contribution < 1.29 is 9.53 Å². The molecule has 0 aliphatic rings. The fraction of sp³-hybridized carbons (Fsp3) is 0.471. The summed E-state index contributed by atoms with van der Waals surface area (Å²) in [4.78, 5) is 14.9. The first-order chi connectivity index (χ1) is 11.0.